The van der Waals surface area contributed by atoms with Gasteiger partial charge in [-0.3, -0.25) is 0 Å². The van der Waals surface area contributed by atoms with Crippen molar-refractivity contribution in [2.24, 2.45) is 0 Å². The van der Waals surface area contributed by atoms with Crippen molar-refractivity contribution in [1.82, 2.24) is 25.2 Å². The van der Waals surface area contributed by atoms with Gasteiger partial charge in [0.1, 0.15) is 18.5 Å². The van der Waals surface area contributed by atoms with Gasteiger partial charge in [0.05, 0.1) is 6.54 Å². The number of H-pyrrole nitrogens is 1. The van der Waals surface area contributed by atoms with E-state index in [0.717, 1.165) is 22.2 Å². The highest BCUT2D eigenvalue weighted by molar-refractivity contribution is 7.08. The number of nitrogens with one attached hydrogen (secondary N) is 1. The molecule has 4 aromatic rings. The van der Waals surface area contributed by atoms with Gasteiger partial charge < -0.3 is 14.8 Å². The van der Waals surface area contributed by atoms with Gasteiger partial charge in [-0.2, -0.15) is 16.1 Å². The molecule has 0 amide bonds. The average Bonchev–Trinajstić information content (AvgIpc) is 3.32. The van der Waals surface area contributed by atoms with Gasteiger partial charge in [0.15, 0.2) is 0 Å². The zero-order valence-electron chi connectivity index (χ0n) is 12.7. The van der Waals surface area contributed by atoms with E-state index in [1.54, 1.807) is 11.3 Å². The van der Waals surface area contributed by atoms with Crippen molar-refractivity contribution >= 4 is 22.2 Å². The van der Waals surface area contributed by atoms with Crippen LogP contribution in [0.2, 0.25) is 0 Å². The highest BCUT2D eigenvalue weighted by Crippen LogP contribution is 2.24. The van der Waals surface area contributed by atoms with Crippen LogP contribution in [0.25, 0.3) is 22.3 Å². The molecule has 0 unspecified atom stereocenters. The van der Waals surface area contributed by atoms with E-state index < -0.39 is 6.10 Å². The number of hydrogen-bond donors (Lipinski definition) is 2. The molecule has 2 N–H and O–H groups in total. The highest BCUT2D eigenvalue weighted by atomic mass is 32.1. The molecule has 0 radical (unpaired) electrons. The van der Waals surface area contributed by atoms with E-state index in [4.69, 9.17) is 4.74 Å². The summed E-state index contributed by atoms with van der Waals surface area (Å²) in [4.78, 5) is 4.52. The van der Waals surface area contributed by atoms with E-state index >= 15 is 0 Å². The molecule has 0 saturated carbocycles. The normalized spacial score (nSPS) is 12.5. The molecule has 0 aliphatic carbocycles. The Labute approximate surface area is 141 Å². The van der Waals surface area contributed by atoms with Crippen LogP contribution in [0.4, 0.5) is 0 Å². The Bertz CT molecular complexity index is 931. The van der Waals surface area contributed by atoms with E-state index in [0.29, 0.717) is 5.82 Å². The summed E-state index contributed by atoms with van der Waals surface area (Å²) < 4.78 is 5.73. The number of rotatable bonds is 6. The van der Waals surface area contributed by atoms with Crippen LogP contribution in [0.1, 0.15) is 0 Å². The number of aromatic nitrogens is 5. The topological polar surface area (TPSA) is 88.9 Å². The van der Waals surface area contributed by atoms with Crippen molar-refractivity contribution in [2.75, 3.05) is 6.61 Å². The first-order chi connectivity index (χ1) is 11.8. The third kappa shape index (κ3) is 3.01. The van der Waals surface area contributed by atoms with Crippen molar-refractivity contribution in [3.8, 4) is 17.1 Å². The Balaban J connectivity index is 1.38. The summed E-state index contributed by atoms with van der Waals surface area (Å²) in [5, 5.41) is 27.3. The number of benzene rings is 1. The minimum atomic E-state index is -0.733. The second-order valence-electron chi connectivity index (χ2n) is 5.34. The second kappa shape index (κ2) is 6.42. The number of ether oxygens (including phenoxy) is 1. The van der Waals surface area contributed by atoms with E-state index in [2.05, 4.69) is 20.4 Å². The first kappa shape index (κ1) is 14.9. The Hall–Kier alpha value is -2.71. The van der Waals surface area contributed by atoms with Crippen molar-refractivity contribution in [2.45, 2.75) is 12.6 Å². The van der Waals surface area contributed by atoms with Crippen molar-refractivity contribution < 1.29 is 9.84 Å². The minimum absolute atomic E-state index is 0.152. The molecular weight excluding hydrogens is 326 g/mol. The van der Waals surface area contributed by atoms with Gasteiger partial charge in [-0.05, 0) is 34.9 Å². The Morgan fingerprint density at radius 2 is 2.25 bits per heavy atom. The van der Waals surface area contributed by atoms with Crippen LogP contribution in [0.3, 0.4) is 0 Å². The molecule has 0 aliphatic heterocycles. The van der Waals surface area contributed by atoms with Gasteiger partial charge in [-0.15, -0.1) is 10.2 Å². The lowest BCUT2D eigenvalue weighted by molar-refractivity contribution is 0.0857. The fraction of sp³-hybridized carbons (Fsp3) is 0.188. The number of aromatic amines is 1. The number of fused-ring (bicyclic) bond motifs is 1. The molecular formula is C16H15N5O2S. The van der Waals surface area contributed by atoms with Crippen LogP contribution in [-0.2, 0) is 6.54 Å². The van der Waals surface area contributed by atoms with Crippen molar-refractivity contribution in [3.63, 3.8) is 0 Å². The number of hydrogen-bond acceptors (Lipinski definition) is 6. The van der Waals surface area contributed by atoms with Gasteiger partial charge in [0, 0.05) is 28.0 Å². The minimum Gasteiger partial charge on any atom is -0.490 e. The Kier molecular flexibility index (Phi) is 3.97. The smallest absolute Gasteiger partial charge is 0.205 e. The molecule has 0 spiro atoms. The predicted octanol–water partition coefficient (Wildman–Crippen LogP) is 2.32. The molecule has 1 atom stereocenters. The molecule has 4 rings (SSSR count). The summed E-state index contributed by atoms with van der Waals surface area (Å²) in [6.07, 6.45) is 1.13. The van der Waals surface area contributed by atoms with Gasteiger partial charge in [0.2, 0.25) is 5.82 Å². The highest BCUT2D eigenvalue weighted by Gasteiger charge is 2.12. The summed E-state index contributed by atoms with van der Waals surface area (Å²) in [6.45, 7) is 0.375. The summed E-state index contributed by atoms with van der Waals surface area (Å²) in [5.74, 6) is 1.29. The number of nitrogens with zero attached hydrogens (tertiary/aromatic N) is 4. The average molecular weight is 341 g/mol. The fourth-order valence-electron chi connectivity index (χ4n) is 2.44. The lowest BCUT2D eigenvalue weighted by Gasteiger charge is -2.12. The largest absolute Gasteiger partial charge is 0.490 e. The summed E-state index contributed by atoms with van der Waals surface area (Å²) >= 11 is 1.58. The zero-order chi connectivity index (χ0) is 16.4. The quantitative estimate of drug-likeness (QED) is 0.562. The monoisotopic (exact) mass is 341 g/mol. The van der Waals surface area contributed by atoms with Crippen LogP contribution in [0.5, 0.6) is 5.75 Å². The third-order valence-corrected chi connectivity index (χ3v) is 4.28. The molecule has 24 heavy (non-hydrogen) atoms. The fourth-order valence-corrected chi connectivity index (χ4v) is 3.07. The third-order valence-electron chi connectivity index (χ3n) is 3.59. The SMILES string of the molecule is O[C@H](COc1cccc2[nH]ccc12)Cn1nnc(-c2ccsc2)n1. The van der Waals surface area contributed by atoms with Crippen LogP contribution >= 0.6 is 11.3 Å². The van der Waals surface area contributed by atoms with Crippen molar-refractivity contribution in [3.05, 3.63) is 47.3 Å². The number of tetrazole rings is 1. The van der Waals surface area contributed by atoms with Crippen LogP contribution in [-0.4, -0.2) is 43.0 Å². The maximum absolute atomic E-state index is 10.2. The van der Waals surface area contributed by atoms with Gasteiger partial charge in [-0.25, -0.2) is 0 Å². The molecule has 3 aromatic heterocycles. The molecule has 0 aliphatic rings. The van der Waals surface area contributed by atoms with Crippen LogP contribution < -0.4 is 4.74 Å². The Morgan fingerprint density at radius 1 is 1.29 bits per heavy atom. The molecule has 1 aromatic carbocycles. The molecule has 0 saturated heterocycles. The van der Waals surface area contributed by atoms with E-state index in [9.17, 15) is 5.11 Å². The second-order valence-corrected chi connectivity index (χ2v) is 6.12. The maximum Gasteiger partial charge on any atom is 0.205 e. The lowest BCUT2D eigenvalue weighted by atomic mass is 10.2. The molecule has 7 nitrogen and oxygen atoms in total. The van der Waals surface area contributed by atoms with Gasteiger partial charge in [-0.1, -0.05) is 6.07 Å². The first-order valence-electron chi connectivity index (χ1n) is 7.47. The standard InChI is InChI=1S/C16H15N5O2S/c22-12(8-21-19-16(18-20-21)11-5-7-24-10-11)9-23-15-3-1-2-14-13(15)4-6-17-14/h1-7,10,12,17,22H,8-9H2/t12-/m0/s1. The molecule has 0 fully saturated rings. The summed E-state index contributed by atoms with van der Waals surface area (Å²) in [6, 6.07) is 9.65. The zero-order valence-corrected chi connectivity index (χ0v) is 13.5. The van der Waals surface area contributed by atoms with E-state index in [1.165, 1.54) is 4.80 Å². The number of aliphatic hydroxyl groups excluding tert-OH is 1. The number of thiophene rings is 1. The predicted molar refractivity (Wildman–Crippen MR) is 90.9 cm³/mol. The van der Waals surface area contributed by atoms with Gasteiger partial charge in [0.25, 0.3) is 0 Å². The van der Waals surface area contributed by atoms with Crippen LogP contribution in [0.15, 0.2) is 47.3 Å². The molecule has 0 bridgehead atoms. The maximum atomic E-state index is 10.2. The van der Waals surface area contributed by atoms with E-state index in [1.807, 2.05) is 47.3 Å². The summed E-state index contributed by atoms with van der Waals surface area (Å²) in [7, 11) is 0. The first-order valence-corrected chi connectivity index (χ1v) is 8.41. The lowest BCUT2D eigenvalue weighted by Crippen LogP contribution is -2.25. The summed E-state index contributed by atoms with van der Waals surface area (Å²) in [5.41, 5.74) is 1.93. The molecule has 122 valence electrons. The molecule has 3 heterocycles. The Morgan fingerprint density at radius 3 is 3.12 bits per heavy atom. The van der Waals surface area contributed by atoms with Gasteiger partial charge >= 0.3 is 0 Å². The van der Waals surface area contributed by atoms with Crippen molar-refractivity contribution in [1.29, 1.82) is 0 Å². The number of aliphatic hydroxyl groups is 1. The van der Waals surface area contributed by atoms with E-state index in [-0.39, 0.29) is 13.2 Å². The van der Waals surface area contributed by atoms with Crippen LogP contribution in [0, 0.1) is 0 Å². The molecule has 8 heteroatoms.